The zero-order chi connectivity index (χ0) is 20.3. The number of benzene rings is 1. The van der Waals surface area contributed by atoms with E-state index in [1.165, 1.54) is 21.9 Å². The lowest BCUT2D eigenvalue weighted by Gasteiger charge is -2.45. The number of hydrogen-bond donors (Lipinski definition) is 0. The van der Waals surface area contributed by atoms with Crippen molar-refractivity contribution in [1.29, 1.82) is 0 Å². The van der Waals surface area contributed by atoms with Gasteiger partial charge in [0.05, 0.1) is 17.6 Å². The summed E-state index contributed by atoms with van der Waals surface area (Å²) in [6, 6.07) is 16.1. The highest BCUT2D eigenvalue weighted by Gasteiger charge is 2.43. The van der Waals surface area contributed by atoms with E-state index in [9.17, 15) is 4.79 Å². The fourth-order valence-corrected chi connectivity index (χ4v) is 4.71. The van der Waals surface area contributed by atoms with Gasteiger partial charge >= 0.3 is 0 Å². The molecule has 1 fully saturated rings. The van der Waals surface area contributed by atoms with Crippen LogP contribution in [0.1, 0.15) is 42.6 Å². The van der Waals surface area contributed by atoms with Crippen molar-refractivity contribution in [2.45, 2.75) is 31.1 Å². The normalized spacial score (nSPS) is 21.1. The van der Waals surface area contributed by atoms with E-state index in [4.69, 9.17) is 16.6 Å². The molecule has 1 aromatic carbocycles. The molecule has 1 aliphatic rings. The first-order valence-electron chi connectivity index (χ1n) is 9.44. The Labute approximate surface area is 179 Å². The molecule has 0 N–H and O–H groups in total. The molecule has 148 valence electrons. The number of pyridine rings is 1. The molecule has 1 amide bonds. The first-order valence-corrected chi connectivity index (χ1v) is 10.9. The monoisotopic (exact) mass is 424 g/mol. The molecule has 0 spiro atoms. The molecule has 3 aromatic rings. The number of nitrogens with zero attached hydrogens (tertiary/aromatic N) is 4. The van der Waals surface area contributed by atoms with Gasteiger partial charge < -0.3 is 0 Å². The van der Waals surface area contributed by atoms with Crippen LogP contribution >= 0.6 is 22.9 Å². The van der Waals surface area contributed by atoms with Crippen molar-refractivity contribution in [1.82, 2.24) is 9.97 Å². The van der Waals surface area contributed by atoms with Crippen molar-refractivity contribution in [2.75, 3.05) is 10.9 Å². The third kappa shape index (κ3) is 4.23. The van der Waals surface area contributed by atoms with Gasteiger partial charge in [-0.3, -0.25) is 9.78 Å². The summed E-state index contributed by atoms with van der Waals surface area (Å²) in [4.78, 5) is 21.2. The Morgan fingerprint density at radius 3 is 2.72 bits per heavy atom. The Morgan fingerprint density at radius 1 is 1.28 bits per heavy atom. The molecule has 0 saturated heterocycles. The number of amides is 1. The smallest absolute Gasteiger partial charge is 0.264 e. The summed E-state index contributed by atoms with van der Waals surface area (Å²) in [6.45, 7) is 2.30. The highest BCUT2D eigenvalue weighted by Crippen LogP contribution is 2.52. The lowest BCUT2D eigenvalue weighted by Crippen LogP contribution is -2.37. The predicted molar refractivity (Wildman–Crippen MR) is 118 cm³/mol. The fourth-order valence-electron chi connectivity index (χ4n) is 3.72. The van der Waals surface area contributed by atoms with Gasteiger partial charge in [-0.1, -0.05) is 43.3 Å². The summed E-state index contributed by atoms with van der Waals surface area (Å²) in [5.41, 5.74) is 3.22. The number of alkyl halides is 1. The SMILES string of the molecule is CC1(c2ccccc2)CC(c2csc(N(N=Cc3ccccn3)C(=O)CCl)n2)C1. The van der Waals surface area contributed by atoms with Crippen molar-refractivity contribution < 1.29 is 4.79 Å². The van der Waals surface area contributed by atoms with Gasteiger partial charge in [0.25, 0.3) is 5.91 Å². The first kappa shape index (κ1) is 19.7. The van der Waals surface area contributed by atoms with Gasteiger partial charge in [0.1, 0.15) is 5.88 Å². The number of hydrogen-bond acceptors (Lipinski definition) is 5. The maximum absolute atomic E-state index is 12.3. The molecule has 2 heterocycles. The Morgan fingerprint density at radius 2 is 2.03 bits per heavy atom. The minimum absolute atomic E-state index is 0.163. The molecule has 0 atom stereocenters. The van der Waals surface area contributed by atoms with E-state index < -0.39 is 0 Å². The average molecular weight is 425 g/mol. The van der Waals surface area contributed by atoms with E-state index in [2.05, 4.69) is 41.3 Å². The quantitative estimate of drug-likeness (QED) is 0.318. The molecule has 7 heteroatoms. The van der Waals surface area contributed by atoms with E-state index in [1.54, 1.807) is 12.4 Å². The van der Waals surface area contributed by atoms with Gasteiger partial charge in [0, 0.05) is 17.5 Å². The number of halogens is 1. The standard InChI is InChI=1S/C22H21ClN4OS/c1-22(17-7-3-2-4-8-17)11-16(12-22)19-15-29-21(26-19)27(20(28)13-23)25-14-18-9-5-6-10-24-18/h2-10,14-16H,11-13H2,1H3. The maximum Gasteiger partial charge on any atom is 0.264 e. The number of anilines is 1. The third-order valence-electron chi connectivity index (χ3n) is 5.32. The second-order valence-corrected chi connectivity index (χ2v) is 8.53. The average Bonchev–Trinajstić information content (AvgIpc) is 3.22. The number of thiazole rings is 1. The van der Waals surface area contributed by atoms with Crippen molar-refractivity contribution in [2.24, 2.45) is 5.10 Å². The molecule has 4 rings (SSSR count). The number of carbonyl (C=O) groups is 1. The molecule has 2 aromatic heterocycles. The summed E-state index contributed by atoms with van der Waals surface area (Å²) in [6.07, 6.45) is 5.31. The third-order valence-corrected chi connectivity index (χ3v) is 6.38. The number of aromatic nitrogens is 2. The zero-order valence-electron chi connectivity index (χ0n) is 16.0. The van der Waals surface area contributed by atoms with Crippen LogP contribution in [0, 0.1) is 0 Å². The molecule has 0 aliphatic heterocycles. The van der Waals surface area contributed by atoms with Gasteiger partial charge in [-0.15, -0.1) is 22.9 Å². The Kier molecular flexibility index (Phi) is 5.74. The van der Waals surface area contributed by atoms with Crippen LogP contribution in [0.4, 0.5) is 5.13 Å². The molecular weight excluding hydrogens is 404 g/mol. The van der Waals surface area contributed by atoms with Crippen molar-refractivity contribution in [3.63, 3.8) is 0 Å². The summed E-state index contributed by atoms with van der Waals surface area (Å²) in [7, 11) is 0. The molecule has 0 radical (unpaired) electrons. The van der Waals surface area contributed by atoms with E-state index in [0.717, 1.165) is 18.5 Å². The number of rotatable bonds is 6. The molecule has 0 unspecified atom stereocenters. The van der Waals surface area contributed by atoms with Crippen LogP contribution in [0.25, 0.3) is 0 Å². The lowest BCUT2D eigenvalue weighted by molar-refractivity contribution is -0.116. The second-order valence-electron chi connectivity index (χ2n) is 7.43. The number of hydrazone groups is 1. The summed E-state index contributed by atoms with van der Waals surface area (Å²) in [5, 5.41) is 8.11. The Hall–Kier alpha value is -2.57. The van der Waals surface area contributed by atoms with Crippen LogP contribution in [-0.4, -0.2) is 28.0 Å². The molecule has 5 nitrogen and oxygen atoms in total. The minimum Gasteiger partial charge on any atom is -0.271 e. The molecule has 0 bridgehead atoms. The molecule has 29 heavy (non-hydrogen) atoms. The van der Waals surface area contributed by atoms with E-state index in [1.807, 2.05) is 29.6 Å². The lowest BCUT2D eigenvalue weighted by atomic mass is 9.59. The second kappa shape index (κ2) is 8.43. The zero-order valence-corrected chi connectivity index (χ0v) is 17.6. The van der Waals surface area contributed by atoms with Crippen LogP contribution in [0.3, 0.4) is 0 Å². The fraction of sp³-hybridized carbons (Fsp3) is 0.273. The van der Waals surface area contributed by atoms with Gasteiger partial charge in [0.15, 0.2) is 0 Å². The van der Waals surface area contributed by atoms with Gasteiger partial charge in [-0.25, -0.2) is 4.98 Å². The van der Waals surface area contributed by atoms with Crippen LogP contribution in [0.2, 0.25) is 0 Å². The van der Waals surface area contributed by atoms with E-state index in [-0.39, 0.29) is 17.2 Å². The van der Waals surface area contributed by atoms with Crippen LogP contribution in [0.5, 0.6) is 0 Å². The van der Waals surface area contributed by atoms with Crippen molar-refractivity contribution in [3.05, 3.63) is 77.1 Å². The van der Waals surface area contributed by atoms with Gasteiger partial charge in [-0.2, -0.15) is 10.1 Å². The van der Waals surface area contributed by atoms with E-state index in [0.29, 0.717) is 16.7 Å². The first-order chi connectivity index (χ1) is 14.1. The Balaban J connectivity index is 1.49. The number of carbonyl (C=O) groups excluding carboxylic acids is 1. The molecular formula is C22H21ClN4OS. The maximum atomic E-state index is 12.3. The minimum atomic E-state index is -0.317. The van der Waals surface area contributed by atoms with Gasteiger partial charge in [-0.05, 0) is 36.0 Å². The summed E-state index contributed by atoms with van der Waals surface area (Å²) < 4.78 is 0. The summed E-state index contributed by atoms with van der Waals surface area (Å²) in [5.74, 6) is -0.0929. The summed E-state index contributed by atoms with van der Waals surface area (Å²) >= 11 is 7.20. The molecule has 1 saturated carbocycles. The topological polar surface area (TPSA) is 58.5 Å². The Bertz CT molecular complexity index is 1000. The van der Waals surface area contributed by atoms with E-state index >= 15 is 0 Å². The van der Waals surface area contributed by atoms with Crippen molar-refractivity contribution in [3.8, 4) is 0 Å². The van der Waals surface area contributed by atoms with Crippen LogP contribution < -0.4 is 5.01 Å². The van der Waals surface area contributed by atoms with Gasteiger partial charge in [0.2, 0.25) is 5.13 Å². The highest BCUT2D eigenvalue weighted by atomic mass is 35.5. The predicted octanol–water partition coefficient (Wildman–Crippen LogP) is 4.98. The van der Waals surface area contributed by atoms with Crippen LogP contribution in [0.15, 0.2) is 65.2 Å². The highest BCUT2D eigenvalue weighted by molar-refractivity contribution is 7.14. The van der Waals surface area contributed by atoms with Crippen molar-refractivity contribution >= 4 is 40.2 Å². The molecule has 1 aliphatic carbocycles. The largest absolute Gasteiger partial charge is 0.271 e. The van der Waals surface area contributed by atoms with Crippen LogP contribution in [-0.2, 0) is 10.2 Å².